The molecule has 8 heteroatoms. The molecule has 0 aliphatic heterocycles. The van der Waals surface area contributed by atoms with E-state index in [1.807, 2.05) is 43.3 Å². The van der Waals surface area contributed by atoms with Crippen LogP contribution in [0.15, 0.2) is 54.6 Å². The molecule has 7 nitrogen and oxygen atoms in total. The Labute approximate surface area is 210 Å². The summed E-state index contributed by atoms with van der Waals surface area (Å²) in [7, 11) is 0. The first kappa shape index (κ1) is 24.9. The van der Waals surface area contributed by atoms with Crippen LogP contribution in [0, 0.1) is 12.8 Å². The minimum absolute atomic E-state index is 0.00877. The number of hydrogen-bond acceptors (Lipinski definition) is 5. The molecule has 2 aromatic carbocycles. The number of aromatic nitrogens is 1. The van der Waals surface area contributed by atoms with E-state index >= 15 is 0 Å². The number of nitrogens with zero attached hydrogens (tertiary/aromatic N) is 2. The van der Waals surface area contributed by atoms with Gasteiger partial charge in [-0.1, -0.05) is 35.9 Å². The van der Waals surface area contributed by atoms with E-state index in [1.165, 1.54) is 29.5 Å². The van der Waals surface area contributed by atoms with E-state index in [4.69, 9.17) is 16.3 Å². The summed E-state index contributed by atoms with van der Waals surface area (Å²) in [6.45, 7) is 4.06. The van der Waals surface area contributed by atoms with Crippen molar-refractivity contribution in [3.8, 4) is 17.5 Å². The Morgan fingerprint density at radius 1 is 1.11 bits per heavy atom. The van der Waals surface area contributed by atoms with Crippen molar-refractivity contribution in [1.29, 1.82) is 0 Å². The molecule has 0 spiro atoms. The van der Waals surface area contributed by atoms with Crippen LogP contribution in [0.4, 0.5) is 0 Å². The van der Waals surface area contributed by atoms with Gasteiger partial charge in [-0.05, 0) is 60.6 Å². The maximum atomic E-state index is 11.7. The van der Waals surface area contributed by atoms with E-state index < -0.39 is 5.97 Å². The molecular weight excluding hydrogens is 468 g/mol. The van der Waals surface area contributed by atoms with Gasteiger partial charge in [0.25, 0.3) is 0 Å². The molecule has 0 amide bonds. The number of hydrogen-bond donors (Lipinski definition) is 3. The highest BCUT2D eigenvalue weighted by Gasteiger charge is 2.30. The van der Waals surface area contributed by atoms with Crippen LogP contribution in [0.5, 0.6) is 17.5 Å². The molecule has 35 heavy (non-hydrogen) atoms. The zero-order chi connectivity index (χ0) is 24.9. The SMILES string of the molecule is Cc1cc(CN(CC2CC2)[C@@H](CC(=O)O)c2ccc(Cl)cc2)ccc1OCCn1c(O)ccc1O. The highest BCUT2D eigenvalue weighted by atomic mass is 35.5. The Balaban J connectivity index is 1.47. The Hall–Kier alpha value is -3.16. The van der Waals surface area contributed by atoms with Gasteiger partial charge in [0.1, 0.15) is 12.4 Å². The van der Waals surface area contributed by atoms with Crippen LogP contribution in [-0.4, -0.2) is 43.9 Å². The number of rotatable bonds is 12. The van der Waals surface area contributed by atoms with Gasteiger partial charge in [0.05, 0.1) is 13.0 Å². The molecule has 1 aliphatic rings. The maximum absolute atomic E-state index is 11.7. The lowest BCUT2D eigenvalue weighted by Gasteiger charge is -2.32. The largest absolute Gasteiger partial charge is 0.494 e. The molecule has 3 N–H and O–H groups in total. The number of aliphatic carboxylic acids is 1. The molecule has 0 saturated heterocycles. The molecule has 1 fully saturated rings. The van der Waals surface area contributed by atoms with Crippen molar-refractivity contribution in [2.24, 2.45) is 5.92 Å². The molecule has 1 saturated carbocycles. The number of carboxylic acids is 1. The number of benzene rings is 2. The van der Waals surface area contributed by atoms with Gasteiger partial charge in [-0.3, -0.25) is 14.3 Å². The predicted octanol–water partition coefficient (Wildman–Crippen LogP) is 5.37. The fraction of sp³-hybridized carbons (Fsp3) is 0.370. The van der Waals surface area contributed by atoms with Crippen molar-refractivity contribution in [3.63, 3.8) is 0 Å². The summed E-state index contributed by atoms with van der Waals surface area (Å²) in [6, 6.07) is 16.1. The van der Waals surface area contributed by atoms with Gasteiger partial charge in [0.2, 0.25) is 0 Å². The third kappa shape index (κ3) is 6.71. The van der Waals surface area contributed by atoms with Gasteiger partial charge in [0, 0.05) is 36.3 Å². The van der Waals surface area contributed by atoms with Gasteiger partial charge in [-0.15, -0.1) is 0 Å². The van der Waals surface area contributed by atoms with E-state index in [2.05, 4.69) is 11.0 Å². The lowest BCUT2D eigenvalue weighted by molar-refractivity contribution is -0.138. The van der Waals surface area contributed by atoms with Crippen LogP contribution in [0.2, 0.25) is 5.02 Å². The van der Waals surface area contributed by atoms with E-state index in [-0.39, 0.29) is 24.2 Å². The average molecular weight is 499 g/mol. The molecule has 1 aliphatic carbocycles. The van der Waals surface area contributed by atoms with E-state index in [0.717, 1.165) is 29.0 Å². The molecule has 186 valence electrons. The van der Waals surface area contributed by atoms with Crippen molar-refractivity contribution < 1.29 is 24.9 Å². The van der Waals surface area contributed by atoms with Crippen LogP contribution in [0.1, 0.15) is 42.0 Å². The summed E-state index contributed by atoms with van der Waals surface area (Å²) in [5, 5.41) is 29.8. The number of carbonyl (C=O) groups is 1. The third-order valence-electron chi connectivity index (χ3n) is 6.39. The fourth-order valence-electron chi connectivity index (χ4n) is 4.37. The Morgan fingerprint density at radius 2 is 1.80 bits per heavy atom. The van der Waals surface area contributed by atoms with Crippen LogP contribution in [0.25, 0.3) is 0 Å². The van der Waals surface area contributed by atoms with E-state index in [0.29, 0.717) is 30.6 Å². The van der Waals surface area contributed by atoms with E-state index in [9.17, 15) is 20.1 Å². The number of halogens is 1. The third-order valence-corrected chi connectivity index (χ3v) is 6.64. The van der Waals surface area contributed by atoms with Crippen molar-refractivity contribution in [2.45, 2.75) is 45.3 Å². The molecule has 0 unspecified atom stereocenters. The number of aromatic hydroxyl groups is 2. The zero-order valence-corrected chi connectivity index (χ0v) is 20.5. The van der Waals surface area contributed by atoms with Crippen molar-refractivity contribution in [1.82, 2.24) is 9.47 Å². The van der Waals surface area contributed by atoms with Crippen LogP contribution in [0.3, 0.4) is 0 Å². The second-order valence-electron chi connectivity index (χ2n) is 9.19. The Morgan fingerprint density at radius 3 is 2.40 bits per heavy atom. The van der Waals surface area contributed by atoms with Gasteiger partial charge >= 0.3 is 5.97 Å². The highest BCUT2D eigenvalue weighted by Crippen LogP contribution is 2.35. The molecule has 3 aromatic rings. The monoisotopic (exact) mass is 498 g/mol. The summed E-state index contributed by atoms with van der Waals surface area (Å²) in [6.07, 6.45) is 2.37. The minimum Gasteiger partial charge on any atom is -0.494 e. The molecule has 0 radical (unpaired) electrons. The summed E-state index contributed by atoms with van der Waals surface area (Å²) in [5.41, 5.74) is 3.00. The van der Waals surface area contributed by atoms with Gasteiger partial charge in [0.15, 0.2) is 11.8 Å². The minimum atomic E-state index is -0.828. The molecule has 1 heterocycles. The Bertz CT molecular complexity index is 1140. The lowest BCUT2D eigenvalue weighted by Crippen LogP contribution is -2.32. The first-order chi connectivity index (χ1) is 16.8. The van der Waals surface area contributed by atoms with Crippen LogP contribution >= 0.6 is 11.6 Å². The normalized spacial score (nSPS) is 14.3. The molecule has 1 aromatic heterocycles. The topological polar surface area (TPSA) is 95.2 Å². The molecule has 0 bridgehead atoms. The van der Waals surface area contributed by atoms with Gasteiger partial charge in [-0.25, -0.2) is 0 Å². The number of carboxylic acid groups (broad SMARTS) is 1. The molecular formula is C27H31ClN2O5. The first-order valence-electron chi connectivity index (χ1n) is 11.8. The van der Waals surface area contributed by atoms with Crippen LogP contribution < -0.4 is 4.74 Å². The molecule has 4 rings (SSSR count). The van der Waals surface area contributed by atoms with Crippen molar-refractivity contribution >= 4 is 17.6 Å². The van der Waals surface area contributed by atoms with Crippen molar-refractivity contribution in [2.75, 3.05) is 13.2 Å². The van der Waals surface area contributed by atoms with Gasteiger partial charge in [-0.2, -0.15) is 0 Å². The van der Waals surface area contributed by atoms with Crippen LogP contribution in [-0.2, 0) is 17.9 Å². The molecule has 1 atom stereocenters. The quantitative estimate of drug-likeness (QED) is 0.311. The zero-order valence-electron chi connectivity index (χ0n) is 19.7. The second-order valence-corrected chi connectivity index (χ2v) is 9.62. The summed E-state index contributed by atoms with van der Waals surface area (Å²) in [5.74, 6) is 0.485. The number of aryl methyl sites for hydroxylation is 1. The highest BCUT2D eigenvalue weighted by molar-refractivity contribution is 6.30. The smallest absolute Gasteiger partial charge is 0.305 e. The first-order valence-corrected chi connectivity index (χ1v) is 12.2. The maximum Gasteiger partial charge on any atom is 0.305 e. The van der Waals surface area contributed by atoms with E-state index in [1.54, 1.807) is 0 Å². The summed E-state index contributed by atoms with van der Waals surface area (Å²) >= 11 is 6.07. The van der Waals surface area contributed by atoms with Gasteiger partial charge < -0.3 is 20.1 Å². The second kappa shape index (κ2) is 11.1. The predicted molar refractivity (Wildman–Crippen MR) is 134 cm³/mol. The summed E-state index contributed by atoms with van der Waals surface area (Å²) in [4.78, 5) is 14.0. The standard InChI is InChI=1S/C27H31ClN2O5/c1-18-14-20(4-9-24(18)35-13-12-30-25(31)10-11-26(30)32)17-29(16-19-2-3-19)23(15-27(33)34)21-5-7-22(28)8-6-21/h4-11,14,19,23,31-32H,2-3,12-13,15-17H2,1H3,(H,33,34)/t23-/m0/s1. The van der Waals surface area contributed by atoms with Crippen molar-refractivity contribution in [3.05, 3.63) is 76.3 Å². The average Bonchev–Trinajstić information content (AvgIpc) is 3.58. The lowest BCUT2D eigenvalue weighted by atomic mass is 10.00. The fourth-order valence-corrected chi connectivity index (χ4v) is 4.50. The number of ether oxygens (including phenoxy) is 1. The summed E-state index contributed by atoms with van der Waals surface area (Å²) < 4.78 is 7.26. The Kier molecular flexibility index (Phi) is 7.88.